The predicted octanol–water partition coefficient (Wildman–Crippen LogP) is 5.06. The van der Waals surface area contributed by atoms with E-state index in [1.807, 2.05) is 0 Å². The Labute approximate surface area is 112 Å². The van der Waals surface area contributed by atoms with Crippen molar-refractivity contribution in [2.24, 2.45) is 10.4 Å². The minimum absolute atomic E-state index is 0.532. The van der Waals surface area contributed by atoms with E-state index in [1.165, 1.54) is 76.3 Å². The molecule has 1 atom stereocenters. The molecule has 0 radical (unpaired) electrons. The molecule has 3 rings (SSSR count). The van der Waals surface area contributed by atoms with Gasteiger partial charge in [-0.05, 0) is 56.4 Å². The smallest absolute Gasteiger partial charge is 0.0502 e. The van der Waals surface area contributed by atoms with Crippen LogP contribution in [0.3, 0.4) is 0 Å². The summed E-state index contributed by atoms with van der Waals surface area (Å²) in [5.74, 6) is 0. The number of rotatable bonds is 1. The molecule has 3 aliphatic carbocycles. The second kappa shape index (κ2) is 5.19. The molecule has 0 saturated heterocycles. The molecular weight excluding hydrogens is 218 g/mol. The summed E-state index contributed by atoms with van der Waals surface area (Å²) in [6.45, 7) is 2.48. The molecular formula is C17H27N. The van der Waals surface area contributed by atoms with Crippen LogP contribution in [0.4, 0.5) is 0 Å². The zero-order chi connectivity index (χ0) is 12.4. The van der Waals surface area contributed by atoms with E-state index in [0.29, 0.717) is 11.5 Å². The third kappa shape index (κ3) is 2.55. The lowest BCUT2D eigenvalue weighted by molar-refractivity contribution is 0.281. The van der Waals surface area contributed by atoms with Crippen LogP contribution in [0.2, 0.25) is 0 Å². The van der Waals surface area contributed by atoms with Crippen LogP contribution in [0.15, 0.2) is 16.6 Å². The molecule has 0 aliphatic heterocycles. The van der Waals surface area contributed by atoms with Crippen molar-refractivity contribution in [2.75, 3.05) is 0 Å². The molecule has 0 amide bonds. The summed E-state index contributed by atoms with van der Waals surface area (Å²) in [6, 6.07) is 0.651. The zero-order valence-electron chi connectivity index (χ0n) is 11.9. The van der Waals surface area contributed by atoms with Gasteiger partial charge in [0, 0.05) is 5.71 Å². The molecule has 0 N–H and O–H groups in total. The topological polar surface area (TPSA) is 12.4 Å². The SMILES string of the molecule is CC12CCCCC1=CC(=NC1CCCCC1)CC2. The second-order valence-corrected chi connectivity index (χ2v) is 6.85. The van der Waals surface area contributed by atoms with Gasteiger partial charge in [0.05, 0.1) is 6.04 Å². The fourth-order valence-corrected chi connectivity index (χ4v) is 4.05. The number of allylic oxidation sites excluding steroid dienone is 2. The van der Waals surface area contributed by atoms with Crippen LogP contribution >= 0.6 is 0 Å². The molecule has 2 fully saturated rings. The Morgan fingerprint density at radius 3 is 2.67 bits per heavy atom. The van der Waals surface area contributed by atoms with Gasteiger partial charge in [0.1, 0.15) is 0 Å². The van der Waals surface area contributed by atoms with Crippen LogP contribution in [-0.2, 0) is 0 Å². The Bertz CT molecular complexity index is 360. The molecule has 2 saturated carbocycles. The van der Waals surface area contributed by atoms with E-state index in [4.69, 9.17) is 4.99 Å². The maximum absolute atomic E-state index is 5.06. The first-order valence-electron chi connectivity index (χ1n) is 8.04. The molecule has 0 heterocycles. The lowest BCUT2D eigenvalue weighted by Gasteiger charge is -2.40. The van der Waals surface area contributed by atoms with Gasteiger partial charge >= 0.3 is 0 Å². The second-order valence-electron chi connectivity index (χ2n) is 6.85. The third-order valence-electron chi connectivity index (χ3n) is 5.40. The summed E-state index contributed by atoms with van der Waals surface area (Å²) in [7, 11) is 0. The van der Waals surface area contributed by atoms with E-state index in [-0.39, 0.29) is 0 Å². The van der Waals surface area contributed by atoms with Crippen molar-refractivity contribution in [1.29, 1.82) is 0 Å². The van der Waals surface area contributed by atoms with E-state index < -0.39 is 0 Å². The average molecular weight is 245 g/mol. The van der Waals surface area contributed by atoms with Crippen molar-refractivity contribution < 1.29 is 0 Å². The van der Waals surface area contributed by atoms with Gasteiger partial charge in [0.2, 0.25) is 0 Å². The van der Waals surface area contributed by atoms with Gasteiger partial charge in [-0.25, -0.2) is 0 Å². The molecule has 0 aromatic heterocycles. The zero-order valence-corrected chi connectivity index (χ0v) is 11.9. The summed E-state index contributed by atoms with van der Waals surface area (Å²) in [4.78, 5) is 5.06. The highest BCUT2D eigenvalue weighted by Gasteiger charge is 2.34. The van der Waals surface area contributed by atoms with Crippen LogP contribution < -0.4 is 0 Å². The fourth-order valence-electron chi connectivity index (χ4n) is 4.05. The van der Waals surface area contributed by atoms with Crippen molar-refractivity contribution in [3.63, 3.8) is 0 Å². The molecule has 18 heavy (non-hydrogen) atoms. The fraction of sp³-hybridized carbons (Fsp3) is 0.824. The number of aliphatic imine (C=N–C) groups is 1. The summed E-state index contributed by atoms with van der Waals surface area (Å²) in [5, 5.41) is 0. The summed E-state index contributed by atoms with van der Waals surface area (Å²) < 4.78 is 0. The molecule has 0 aromatic rings. The quantitative estimate of drug-likeness (QED) is 0.612. The van der Waals surface area contributed by atoms with Crippen molar-refractivity contribution in [2.45, 2.75) is 83.6 Å². The molecule has 0 bridgehead atoms. The lowest BCUT2D eigenvalue weighted by atomic mass is 9.66. The molecule has 0 spiro atoms. The number of fused-ring (bicyclic) bond motifs is 1. The Morgan fingerprint density at radius 1 is 1.00 bits per heavy atom. The molecule has 1 unspecified atom stereocenters. The normalized spacial score (nSPS) is 36.3. The van der Waals surface area contributed by atoms with Gasteiger partial charge in [0.25, 0.3) is 0 Å². The number of hydrogen-bond donors (Lipinski definition) is 0. The summed E-state index contributed by atoms with van der Waals surface area (Å²) in [5.41, 5.74) is 3.68. The van der Waals surface area contributed by atoms with Gasteiger partial charge in [-0.15, -0.1) is 0 Å². The van der Waals surface area contributed by atoms with Gasteiger partial charge < -0.3 is 0 Å². The minimum Gasteiger partial charge on any atom is -0.286 e. The van der Waals surface area contributed by atoms with Crippen LogP contribution in [0, 0.1) is 5.41 Å². The van der Waals surface area contributed by atoms with Crippen molar-refractivity contribution >= 4 is 5.71 Å². The monoisotopic (exact) mass is 245 g/mol. The van der Waals surface area contributed by atoms with E-state index in [2.05, 4.69) is 13.0 Å². The standard InChI is InChI=1S/C17H27N/c1-17-11-6-5-7-14(17)13-16(10-12-17)18-15-8-3-2-4-9-15/h13,15H,2-12H2,1H3. The molecule has 3 aliphatic rings. The Morgan fingerprint density at radius 2 is 1.83 bits per heavy atom. The molecule has 100 valence electrons. The first-order valence-corrected chi connectivity index (χ1v) is 8.04. The first kappa shape index (κ1) is 12.4. The van der Waals surface area contributed by atoms with E-state index in [1.54, 1.807) is 5.57 Å². The maximum Gasteiger partial charge on any atom is 0.0502 e. The van der Waals surface area contributed by atoms with Crippen molar-refractivity contribution in [1.82, 2.24) is 0 Å². The molecule has 0 aromatic carbocycles. The summed E-state index contributed by atoms with van der Waals surface area (Å²) in [6.07, 6.45) is 17.6. The van der Waals surface area contributed by atoms with Gasteiger partial charge in [-0.3, -0.25) is 4.99 Å². The Hall–Kier alpha value is -0.590. The Kier molecular flexibility index (Phi) is 3.59. The number of hydrogen-bond acceptors (Lipinski definition) is 1. The third-order valence-corrected chi connectivity index (χ3v) is 5.40. The highest BCUT2D eigenvalue weighted by atomic mass is 14.8. The molecule has 1 heteroatoms. The largest absolute Gasteiger partial charge is 0.286 e. The van der Waals surface area contributed by atoms with E-state index >= 15 is 0 Å². The Balaban J connectivity index is 1.74. The predicted molar refractivity (Wildman–Crippen MR) is 78.2 cm³/mol. The van der Waals surface area contributed by atoms with Crippen LogP contribution in [-0.4, -0.2) is 11.8 Å². The first-order chi connectivity index (χ1) is 8.76. The highest BCUT2D eigenvalue weighted by Crippen LogP contribution is 2.46. The maximum atomic E-state index is 5.06. The number of nitrogens with zero attached hydrogens (tertiary/aromatic N) is 1. The van der Waals surface area contributed by atoms with E-state index in [9.17, 15) is 0 Å². The van der Waals surface area contributed by atoms with Crippen LogP contribution in [0.5, 0.6) is 0 Å². The van der Waals surface area contributed by atoms with Crippen LogP contribution in [0.25, 0.3) is 0 Å². The van der Waals surface area contributed by atoms with Crippen molar-refractivity contribution in [3.05, 3.63) is 11.6 Å². The van der Waals surface area contributed by atoms with Gasteiger partial charge in [-0.2, -0.15) is 0 Å². The average Bonchev–Trinajstić information content (AvgIpc) is 2.40. The van der Waals surface area contributed by atoms with Gasteiger partial charge in [0.15, 0.2) is 0 Å². The van der Waals surface area contributed by atoms with Gasteiger partial charge in [-0.1, -0.05) is 38.2 Å². The van der Waals surface area contributed by atoms with E-state index in [0.717, 1.165) is 0 Å². The lowest BCUT2D eigenvalue weighted by Crippen LogP contribution is -2.28. The summed E-state index contributed by atoms with van der Waals surface area (Å²) >= 11 is 0. The molecule has 1 nitrogen and oxygen atoms in total. The van der Waals surface area contributed by atoms with Crippen molar-refractivity contribution in [3.8, 4) is 0 Å². The minimum atomic E-state index is 0.532. The van der Waals surface area contributed by atoms with Crippen LogP contribution in [0.1, 0.15) is 77.6 Å². The highest BCUT2D eigenvalue weighted by molar-refractivity contribution is 5.96.